The average molecular weight is 298 g/mol. The topological polar surface area (TPSA) is 56.3 Å². The minimum atomic E-state index is 0.575. The van der Waals surface area contributed by atoms with Crippen molar-refractivity contribution in [2.24, 2.45) is 7.05 Å². The zero-order valence-electron chi connectivity index (χ0n) is 12.5. The number of hydrogen-bond acceptors (Lipinski definition) is 5. The number of fused-ring (bicyclic) bond motifs is 1. The Morgan fingerprint density at radius 2 is 2.05 bits per heavy atom. The molecule has 0 unspecified atom stereocenters. The number of nitrogens with zero attached hydrogens (tertiary/aromatic N) is 4. The molecular formula is C16H18N4O2. The maximum Gasteiger partial charge on any atom is 0.258 e. The van der Waals surface area contributed by atoms with Gasteiger partial charge in [0, 0.05) is 37.4 Å². The molecule has 0 atom stereocenters. The smallest absolute Gasteiger partial charge is 0.258 e. The zero-order valence-corrected chi connectivity index (χ0v) is 12.5. The third kappa shape index (κ3) is 2.51. The highest BCUT2D eigenvalue weighted by atomic mass is 16.5. The van der Waals surface area contributed by atoms with Crippen molar-refractivity contribution >= 4 is 10.9 Å². The van der Waals surface area contributed by atoms with E-state index < -0.39 is 0 Å². The second kappa shape index (κ2) is 5.55. The van der Waals surface area contributed by atoms with Gasteiger partial charge in [0.25, 0.3) is 5.89 Å². The Morgan fingerprint density at radius 3 is 2.91 bits per heavy atom. The standard InChI is InChI=1S/C16H18N4O2/c1-19-5-4-12-2-3-13(10-14(12)19)16-17-15(18-22-16)11-20-6-8-21-9-7-20/h2-5,10H,6-9,11H2,1H3. The van der Waals surface area contributed by atoms with Crippen LogP contribution in [0.5, 0.6) is 0 Å². The van der Waals surface area contributed by atoms with Gasteiger partial charge >= 0.3 is 0 Å². The van der Waals surface area contributed by atoms with Gasteiger partial charge in [-0.25, -0.2) is 0 Å². The summed E-state index contributed by atoms with van der Waals surface area (Å²) in [6.45, 7) is 4.08. The van der Waals surface area contributed by atoms with Gasteiger partial charge in [0.1, 0.15) is 0 Å². The first-order chi connectivity index (χ1) is 10.8. The van der Waals surface area contributed by atoms with Gasteiger partial charge in [0.05, 0.1) is 19.8 Å². The molecule has 6 nitrogen and oxygen atoms in total. The predicted octanol–water partition coefficient (Wildman–Crippen LogP) is 2.06. The molecular weight excluding hydrogens is 280 g/mol. The highest BCUT2D eigenvalue weighted by molar-refractivity contribution is 5.84. The first-order valence-electron chi connectivity index (χ1n) is 7.48. The third-order valence-corrected chi connectivity index (χ3v) is 4.07. The van der Waals surface area contributed by atoms with E-state index in [4.69, 9.17) is 9.26 Å². The molecule has 4 rings (SSSR count). The summed E-state index contributed by atoms with van der Waals surface area (Å²) in [4.78, 5) is 6.80. The fourth-order valence-electron chi connectivity index (χ4n) is 2.79. The lowest BCUT2D eigenvalue weighted by Crippen LogP contribution is -2.35. The average Bonchev–Trinajstić information content (AvgIpc) is 3.16. The first-order valence-corrected chi connectivity index (χ1v) is 7.48. The summed E-state index contributed by atoms with van der Waals surface area (Å²) in [7, 11) is 2.03. The number of morpholine rings is 1. The van der Waals surface area contributed by atoms with E-state index in [0.29, 0.717) is 12.4 Å². The van der Waals surface area contributed by atoms with E-state index in [1.54, 1.807) is 0 Å². The van der Waals surface area contributed by atoms with Gasteiger partial charge < -0.3 is 13.8 Å². The van der Waals surface area contributed by atoms with Crippen LogP contribution in [0.4, 0.5) is 0 Å². The van der Waals surface area contributed by atoms with Gasteiger partial charge in [-0.15, -0.1) is 0 Å². The molecule has 1 aliphatic rings. The van der Waals surface area contributed by atoms with E-state index in [9.17, 15) is 0 Å². The lowest BCUT2D eigenvalue weighted by Gasteiger charge is -2.24. The van der Waals surface area contributed by atoms with Gasteiger partial charge in [0.15, 0.2) is 5.82 Å². The number of aryl methyl sites for hydroxylation is 1. The monoisotopic (exact) mass is 298 g/mol. The van der Waals surface area contributed by atoms with E-state index in [2.05, 4.69) is 37.8 Å². The minimum absolute atomic E-state index is 0.575. The Bertz CT molecular complexity index is 786. The van der Waals surface area contributed by atoms with Crippen molar-refractivity contribution in [3.8, 4) is 11.5 Å². The molecule has 0 radical (unpaired) electrons. The van der Waals surface area contributed by atoms with Gasteiger partial charge in [-0.05, 0) is 23.6 Å². The fraction of sp³-hybridized carbons (Fsp3) is 0.375. The fourth-order valence-corrected chi connectivity index (χ4v) is 2.79. The van der Waals surface area contributed by atoms with Crippen LogP contribution in [-0.4, -0.2) is 45.9 Å². The molecule has 1 aliphatic heterocycles. The number of aromatic nitrogens is 3. The molecule has 0 amide bonds. The highest BCUT2D eigenvalue weighted by Gasteiger charge is 2.15. The second-order valence-electron chi connectivity index (χ2n) is 5.60. The minimum Gasteiger partial charge on any atom is -0.379 e. The van der Waals surface area contributed by atoms with Crippen molar-refractivity contribution in [3.05, 3.63) is 36.3 Å². The van der Waals surface area contributed by atoms with Crippen molar-refractivity contribution in [1.82, 2.24) is 19.6 Å². The SMILES string of the molecule is Cn1ccc2ccc(-c3nc(CN4CCOCC4)no3)cc21. The molecule has 0 saturated carbocycles. The zero-order chi connectivity index (χ0) is 14.9. The van der Waals surface area contributed by atoms with Crippen LogP contribution in [0.3, 0.4) is 0 Å². The van der Waals surface area contributed by atoms with Crippen LogP contribution in [0.25, 0.3) is 22.4 Å². The van der Waals surface area contributed by atoms with E-state index in [1.807, 2.05) is 19.3 Å². The van der Waals surface area contributed by atoms with Gasteiger partial charge in [-0.3, -0.25) is 4.90 Å². The Hall–Kier alpha value is -2.18. The van der Waals surface area contributed by atoms with E-state index in [1.165, 1.54) is 5.39 Å². The second-order valence-corrected chi connectivity index (χ2v) is 5.60. The maximum absolute atomic E-state index is 5.43. The van der Waals surface area contributed by atoms with Crippen molar-refractivity contribution in [2.75, 3.05) is 26.3 Å². The van der Waals surface area contributed by atoms with Crippen LogP contribution in [0.1, 0.15) is 5.82 Å². The molecule has 0 aliphatic carbocycles. The summed E-state index contributed by atoms with van der Waals surface area (Å²) >= 11 is 0. The summed E-state index contributed by atoms with van der Waals surface area (Å²) < 4.78 is 12.9. The summed E-state index contributed by atoms with van der Waals surface area (Å²) in [5, 5.41) is 5.31. The van der Waals surface area contributed by atoms with E-state index in [-0.39, 0.29) is 0 Å². The number of rotatable bonds is 3. The van der Waals surface area contributed by atoms with Crippen molar-refractivity contribution in [2.45, 2.75) is 6.54 Å². The molecule has 2 aromatic heterocycles. The lowest BCUT2D eigenvalue weighted by atomic mass is 10.1. The van der Waals surface area contributed by atoms with Gasteiger partial charge in [0.2, 0.25) is 0 Å². The molecule has 3 heterocycles. The van der Waals surface area contributed by atoms with Crippen LogP contribution in [-0.2, 0) is 18.3 Å². The van der Waals surface area contributed by atoms with Crippen molar-refractivity contribution < 1.29 is 9.26 Å². The lowest BCUT2D eigenvalue weighted by molar-refractivity contribution is 0.0327. The van der Waals surface area contributed by atoms with E-state index in [0.717, 1.165) is 43.2 Å². The normalized spacial score (nSPS) is 16.4. The van der Waals surface area contributed by atoms with Crippen molar-refractivity contribution in [1.29, 1.82) is 0 Å². The molecule has 0 N–H and O–H groups in total. The molecule has 1 fully saturated rings. The predicted molar refractivity (Wildman–Crippen MR) is 82.3 cm³/mol. The van der Waals surface area contributed by atoms with Crippen LogP contribution in [0.15, 0.2) is 35.0 Å². The molecule has 1 aromatic carbocycles. The number of benzene rings is 1. The van der Waals surface area contributed by atoms with Gasteiger partial charge in [-0.1, -0.05) is 11.2 Å². The summed E-state index contributed by atoms with van der Waals surface area (Å²) in [6, 6.07) is 8.28. The first kappa shape index (κ1) is 13.5. The summed E-state index contributed by atoms with van der Waals surface area (Å²) in [6.07, 6.45) is 2.05. The molecule has 6 heteroatoms. The molecule has 1 saturated heterocycles. The van der Waals surface area contributed by atoms with Crippen LogP contribution >= 0.6 is 0 Å². The molecule has 0 bridgehead atoms. The Kier molecular flexibility index (Phi) is 3.40. The van der Waals surface area contributed by atoms with Crippen LogP contribution in [0, 0.1) is 0 Å². The largest absolute Gasteiger partial charge is 0.379 e. The molecule has 0 spiro atoms. The Labute approximate surface area is 128 Å². The molecule has 114 valence electrons. The Morgan fingerprint density at radius 1 is 1.18 bits per heavy atom. The molecule has 22 heavy (non-hydrogen) atoms. The van der Waals surface area contributed by atoms with Crippen LogP contribution < -0.4 is 0 Å². The highest BCUT2D eigenvalue weighted by Crippen LogP contribution is 2.23. The quantitative estimate of drug-likeness (QED) is 0.741. The Balaban J connectivity index is 1.57. The number of ether oxygens (including phenoxy) is 1. The van der Waals surface area contributed by atoms with Gasteiger partial charge in [-0.2, -0.15) is 4.98 Å². The summed E-state index contributed by atoms with van der Waals surface area (Å²) in [5.74, 6) is 1.30. The van der Waals surface area contributed by atoms with Crippen molar-refractivity contribution in [3.63, 3.8) is 0 Å². The van der Waals surface area contributed by atoms with Crippen LogP contribution in [0.2, 0.25) is 0 Å². The molecule has 3 aromatic rings. The van der Waals surface area contributed by atoms with E-state index >= 15 is 0 Å². The summed E-state index contributed by atoms with van der Waals surface area (Å²) in [5.41, 5.74) is 2.11. The number of hydrogen-bond donors (Lipinski definition) is 0. The third-order valence-electron chi connectivity index (χ3n) is 4.07. The maximum atomic E-state index is 5.43.